The van der Waals surface area contributed by atoms with Crippen molar-refractivity contribution in [1.29, 1.82) is 0 Å². The molecule has 2 heteroatoms. The molecule has 2 N–H and O–H groups in total. The minimum absolute atomic E-state index is 0.0694. The Balaban J connectivity index is 2.05. The second-order valence-corrected chi connectivity index (χ2v) is 4.07. The largest absolute Gasteiger partial charge is 0.393 e. The van der Waals surface area contributed by atoms with E-state index in [9.17, 15) is 5.11 Å². The van der Waals surface area contributed by atoms with Gasteiger partial charge < -0.3 is 10.4 Å². The van der Waals surface area contributed by atoms with Crippen molar-refractivity contribution in [3.8, 4) is 0 Å². The summed E-state index contributed by atoms with van der Waals surface area (Å²) in [4.78, 5) is 0. The zero-order chi connectivity index (χ0) is 8.55. The molecule has 1 saturated carbocycles. The molecule has 1 aliphatic carbocycles. The molecule has 2 aliphatic rings. The van der Waals surface area contributed by atoms with Crippen LogP contribution in [0.4, 0.5) is 0 Å². The molecule has 68 valence electrons. The average molecular weight is 167 g/mol. The number of allylic oxidation sites excluding steroid dienone is 1. The highest BCUT2D eigenvalue weighted by Gasteiger charge is 2.43. The van der Waals surface area contributed by atoms with E-state index in [-0.39, 0.29) is 6.10 Å². The number of fused-ring (bicyclic) bond motifs is 1. The van der Waals surface area contributed by atoms with E-state index in [0.717, 1.165) is 31.8 Å². The Bertz CT molecular complexity index is 181. The van der Waals surface area contributed by atoms with Gasteiger partial charge in [-0.25, -0.2) is 0 Å². The van der Waals surface area contributed by atoms with Crippen LogP contribution in [-0.4, -0.2) is 24.3 Å². The number of hydrogen-bond acceptors (Lipinski definition) is 2. The SMILES string of the molecule is C=CCC1C(O)CC2CNCC21. The number of aliphatic hydroxyl groups is 1. The van der Waals surface area contributed by atoms with E-state index < -0.39 is 0 Å². The van der Waals surface area contributed by atoms with Gasteiger partial charge in [0.05, 0.1) is 6.10 Å². The second-order valence-electron chi connectivity index (χ2n) is 4.07. The van der Waals surface area contributed by atoms with E-state index in [1.54, 1.807) is 0 Å². The van der Waals surface area contributed by atoms with Crippen molar-refractivity contribution in [2.75, 3.05) is 13.1 Å². The molecule has 1 saturated heterocycles. The lowest BCUT2D eigenvalue weighted by molar-refractivity contribution is 0.118. The summed E-state index contributed by atoms with van der Waals surface area (Å²) in [6, 6.07) is 0. The summed E-state index contributed by atoms with van der Waals surface area (Å²) in [5, 5.41) is 13.1. The first-order valence-corrected chi connectivity index (χ1v) is 4.82. The van der Waals surface area contributed by atoms with E-state index in [2.05, 4.69) is 11.9 Å². The first-order valence-electron chi connectivity index (χ1n) is 4.82. The first kappa shape index (κ1) is 8.27. The maximum Gasteiger partial charge on any atom is 0.0577 e. The summed E-state index contributed by atoms with van der Waals surface area (Å²) >= 11 is 0. The van der Waals surface area contributed by atoms with Gasteiger partial charge in [0.2, 0.25) is 0 Å². The van der Waals surface area contributed by atoms with Gasteiger partial charge in [0.15, 0.2) is 0 Å². The highest BCUT2D eigenvalue weighted by Crippen LogP contribution is 2.41. The molecule has 0 aromatic heterocycles. The summed E-state index contributed by atoms with van der Waals surface area (Å²) in [6.07, 6.45) is 3.84. The minimum Gasteiger partial charge on any atom is -0.393 e. The fourth-order valence-electron chi connectivity index (χ4n) is 2.81. The zero-order valence-electron chi connectivity index (χ0n) is 7.37. The number of hydrogen-bond donors (Lipinski definition) is 2. The molecule has 2 rings (SSSR count). The molecule has 0 aromatic carbocycles. The van der Waals surface area contributed by atoms with Crippen molar-refractivity contribution in [2.24, 2.45) is 17.8 Å². The Morgan fingerprint density at radius 3 is 3.08 bits per heavy atom. The maximum absolute atomic E-state index is 9.75. The number of aliphatic hydroxyl groups excluding tert-OH is 1. The van der Waals surface area contributed by atoms with Crippen LogP contribution in [0.5, 0.6) is 0 Å². The van der Waals surface area contributed by atoms with E-state index in [4.69, 9.17) is 0 Å². The third-order valence-corrected chi connectivity index (χ3v) is 3.42. The topological polar surface area (TPSA) is 32.3 Å². The Labute approximate surface area is 73.7 Å². The first-order chi connectivity index (χ1) is 5.83. The molecule has 1 aliphatic heterocycles. The van der Waals surface area contributed by atoms with Crippen LogP contribution < -0.4 is 5.32 Å². The van der Waals surface area contributed by atoms with Crippen molar-refractivity contribution in [3.05, 3.63) is 12.7 Å². The fourth-order valence-corrected chi connectivity index (χ4v) is 2.81. The van der Waals surface area contributed by atoms with Gasteiger partial charge in [0.1, 0.15) is 0 Å². The summed E-state index contributed by atoms with van der Waals surface area (Å²) in [6.45, 7) is 5.95. The molecular formula is C10H17NO. The van der Waals surface area contributed by atoms with Crippen molar-refractivity contribution >= 4 is 0 Å². The second kappa shape index (κ2) is 3.19. The summed E-state index contributed by atoms with van der Waals surface area (Å²) in [5.74, 6) is 1.91. The standard InChI is InChI=1S/C10H17NO/c1-2-3-8-9-6-11-5-7(9)4-10(8)12/h2,7-12H,1,3-6H2. The van der Waals surface area contributed by atoms with E-state index in [1.165, 1.54) is 0 Å². The quantitative estimate of drug-likeness (QED) is 0.596. The van der Waals surface area contributed by atoms with Gasteiger partial charge in [-0.05, 0) is 43.7 Å². The van der Waals surface area contributed by atoms with Crippen LogP contribution >= 0.6 is 0 Å². The van der Waals surface area contributed by atoms with Gasteiger partial charge >= 0.3 is 0 Å². The predicted molar refractivity (Wildman–Crippen MR) is 48.8 cm³/mol. The monoisotopic (exact) mass is 167 g/mol. The van der Waals surface area contributed by atoms with Gasteiger partial charge in [-0.3, -0.25) is 0 Å². The molecule has 2 fully saturated rings. The molecule has 0 amide bonds. The zero-order valence-corrected chi connectivity index (χ0v) is 7.37. The summed E-state index contributed by atoms with van der Waals surface area (Å²) in [5.41, 5.74) is 0. The van der Waals surface area contributed by atoms with Crippen LogP contribution in [0.2, 0.25) is 0 Å². The van der Waals surface area contributed by atoms with Crippen LogP contribution in [0.15, 0.2) is 12.7 Å². The predicted octanol–water partition coefficient (Wildman–Crippen LogP) is 0.779. The van der Waals surface area contributed by atoms with Gasteiger partial charge in [0, 0.05) is 0 Å². The van der Waals surface area contributed by atoms with Crippen LogP contribution in [-0.2, 0) is 0 Å². The molecule has 0 bridgehead atoms. The van der Waals surface area contributed by atoms with Crippen LogP contribution in [0.25, 0.3) is 0 Å². The third kappa shape index (κ3) is 1.19. The van der Waals surface area contributed by atoms with Crippen molar-refractivity contribution in [2.45, 2.75) is 18.9 Å². The summed E-state index contributed by atoms with van der Waals surface area (Å²) in [7, 11) is 0. The molecular weight excluding hydrogens is 150 g/mol. The van der Waals surface area contributed by atoms with Gasteiger partial charge in [-0.2, -0.15) is 0 Å². The minimum atomic E-state index is -0.0694. The van der Waals surface area contributed by atoms with Crippen molar-refractivity contribution < 1.29 is 5.11 Å². The normalized spacial score (nSPS) is 46.1. The Kier molecular flexibility index (Phi) is 2.20. The van der Waals surface area contributed by atoms with Crippen LogP contribution in [0.1, 0.15) is 12.8 Å². The molecule has 2 nitrogen and oxygen atoms in total. The van der Waals surface area contributed by atoms with E-state index >= 15 is 0 Å². The highest BCUT2D eigenvalue weighted by atomic mass is 16.3. The highest BCUT2D eigenvalue weighted by molar-refractivity contribution is 4.98. The van der Waals surface area contributed by atoms with Crippen molar-refractivity contribution in [1.82, 2.24) is 5.32 Å². The molecule has 0 radical (unpaired) electrons. The Hall–Kier alpha value is -0.340. The number of nitrogens with one attached hydrogen (secondary N) is 1. The molecule has 1 heterocycles. The number of rotatable bonds is 2. The molecule has 4 atom stereocenters. The lowest BCUT2D eigenvalue weighted by Crippen LogP contribution is -2.23. The average Bonchev–Trinajstić information content (AvgIpc) is 2.56. The lowest BCUT2D eigenvalue weighted by Gasteiger charge is -2.18. The maximum atomic E-state index is 9.75. The van der Waals surface area contributed by atoms with Gasteiger partial charge in [-0.15, -0.1) is 6.58 Å². The smallest absolute Gasteiger partial charge is 0.0577 e. The molecule has 12 heavy (non-hydrogen) atoms. The molecule has 0 spiro atoms. The van der Waals surface area contributed by atoms with Crippen molar-refractivity contribution in [3.63, 3.8) is 0 Å². The third-order valence-electron chi connectivity index (χ3n) is 3.42. The van der Waals surface area contributed by atoms with E-state index in [1.807, 2.05) is 6.08 Å². The van der Waals surface area contributed by atoms with Gasteiger partial charge in [0.25, 0.3) is 0 Å². The molecule has 0 aromatic rings. The summed E-state index contributed by atoms with van der Waals surface area (Å²) < 4.78 is 0. The lowest BCUT2D eigenvalue weighted by atomic mass is 9.89. The van der Waals surface area contributed by atoms with Gasteiger partial charge in [-0.1, -0.05) is 6.08 Å². The fraction of sp³-hybridized carbons (Fsp3) is 0.800. The Morgan fingerprint density at radius 2 is 2.33 bits per heavy atom. The molecule has 4 unspecified atom stereocenters. The Morgan fingerprint density at radius 1 is 1.50 bits per heavy atom. The van der Waals surface area contributed by atoms with Crippen LogP contribution in [0, 0.1) is 17.8 Å². The van der Waals surface area contributed by atoms with Crippen LogP contribution in [0.3, 0.4) is 0 Å². The van der Waals surface area contributed by atoms with E-state index in [0.29, 0.717) is 11.8 Å².